The van der Waals surface area contributed by atoms with E-state index in [1.165, 1.54) is 12.0 Å². The Morgan fingerprint density at radius 1 is 1.47 bits per heavy atom. The van der Waals surface area contributed by atoms with Crippen LogP contribution in [0.3, 0.4) is 0 Å². The molecule has 2 rings (SSSR count). The van der Waals surface area contributed by atoms with Crippen molar-refractivity contribution in [3.05, 3.63) is 28.8 Å². The van der Waals surface area contributed by atoms with Gasteiger partial charge in [0.1, 0.15) is 5.75 Å². The number of hydrogen-bond donors (Lipinski definition) is 1. The van der Waals surface area contributed by atoms with Crippen molar-refractivity contribution in [2.75, 3.05) is 13.7 Å². The molecule has 1 aliphatic heterocycles. The van der Waals surface area contributed by atoms with E-state index in [2.05, 4.69) is 18.3 Å². The molecule has 3 heteroatoms. The Morgan fingerprint density at radius 2 is 2.27 bits per heavy atom. The molecule has 1 saturated heterocycles. The van der Waals surface area contributed by atoms with Crippen molar-refractivity contribution in [2.24, 2.45) is 5.92 Å². The van der Waals surface area contributed by atoms with Gasteiger partial charge in [-0.1, -0.05) is 24.6 Å². The highest BCUT2D eigenvalue weighted by molar-refractivity contribution is 6.32. The van der Waals surface area contributed by atoms with Crippen molar-refractivity contribution >= 4 is 11.6 Å². The zero-order valence-electron chi connectivity index (χ0n) is 9.09. The first-order chi connectivity index (χ1) is 7.20. The molecule has 1 aromatic carbocycles. The normalized spacial score (nSPS) is 25.5. The molecule has 2 nitrogen and oxygen atoms in total. The van der Waals surface area contributed by atoms with E-state index in [1.54, 1.807) is 7.11 Å². The van der Waals surface area contributed by atoms with Gasteiger partial charge in [0.15, 0.2) is 0 Å². The Labute approximate surface area is 95.6 Å². The van der Waals surface area contributed by atoms with Crippen LogP contribution in [0, 0.1) is 5.92 Å². The maximum absolute atomic E-state index is 6.09. The van der Waals surface area contributed by atoms with Crippen LogP contribution in [0.15, 0.2) is 18.2 Å². The molecule has 0 saturated carbocycles. The van der Waals surface area contributed by atoms with Crippen LogP contribution < -0.4 is 10.1 Å². The smallest absolute Gasteiger partial charge is 0.137 e. The van der Waals surface area contributed by atoms with Crippen LogP contribution in [0.5, 0.6) is 5.75 Å². The van der Waals surface area contributed by atoms with Gasteiger partial charge in [0.25, 0.3) is 0 Å². The molecule has 0 amide bonds. The second-order valence-electron chi connectivity index (χ2n) is 4.20. The predicted molar refractivity (Wildman–Crippen MR) is 62.5 cm³/mol. The second kappa shape index (κ2) is 4.42. The van der Waals surface area contributed by atoms with Crippen molar-refractivity contribution in [2.45, 2.75) is 19.4 Å². The number of benzene rings is 1. The van der Waals surface area contributed by atoms with Crippen LogP contribution in [0.25, 0.3) is 0 Å². The SMILES string of the molecule is COc1ccc([C@H]2C[C@@H](C)CN2)cc1Cl. The lowest BCUT2D eigenvalue weighted by Crippen LogP contribution is -2.13. The van der Waals surface area contributed by atoms with E-state index in [4.69, 9.17) is 16.3 Å². The first-order valence-corrected chi connectivity index (χ1v) is 5.65. The Balaban J connectivity index is 2.19. The van der Waals surface area contributed by atoms with Crippen LogP contribution in [0.4, 0.5) is 0 Å². The molecular weight excluding hydrogens is 210 g/mol. The van der Waals surface area contributed by atoms with E-state index in [0.717, 1.165) is 18.2 Å². The highest BCUT2D eigenvalue weighted by atomic mass is 35.5. The molecule has 1 aliphatic rings. The van der Waals surface area contributed by atoms with Gasteiger partial charge in [-0.15, -0.1) is 0 Å². The summed E-state index contributed by atoms with van der Waals surface area (Å²) in [5.74, 6) is 1.49. The van der Waals surface area contributed by atoms with Crippen LogP contribution in [-0.2, 0) is 0 Å². The summed E-state index contributed by atoms with van der Waals surface area (Å²) in [4.78, 5) is 0. The van der Waals surface area contributed by atoms with Crippen molar-refractivity contribution < 1.29 is 4.74 Å². The van der Waals surface area contributed by atoms with Gasteiger partial charge in [-0.05, 0) is 36.6 Å². The van der Waals surface area contributed by atoms with E-state index < -0.39 is 0 Å². The lowest BCUT2D eigenvalue weighted by Gasteiger charge is -2.12. The molecule has 0 spiro atoms. The van der Waals surface area contributed by atoms with Crippen molar-refractivity contribution in [3.8, 4) is 5.75 Å². The standard InChI is InChI=1S/C12H16ClNO/c1-8-5-11(14-7-8)9-3-4-12(15-2)10(13)6-9/h3-4,6,8,11,14H,5,7H2,1-2H3/t8-,11-/m1/s1. The molecular formula is C12H16ClNO. The summed E-state index contributed by atoms with van der Waals surface area (Å²) in [7, 11) is 1.64. The minimum absolute atomic E-state index is 0.448. The Bertz CT molecular complexity index is 353. The minimum atomic E-state index is 0.448. The Kier molecular flexibility index (Phi) is 3.17. The lowest BCUT2D eigenvalue weighted by molar-refractivity contribution is 0.414. The Hall–Kier alpha value is -0.730. The molecule has 1 N–H and O–H groups in total. The van der Waals surface area contributed by atoms with Crippen molar-refractivity contribution in [1.29, 1.82) is 0 Å². The fourth-order valence-corrected chi connectivity index (χ4v) is 2.33. The third-order valence-corrected chi connectivity index (χ3v) is 3.22. The Morgan fingerprint density at radius 3 is 2.80 bits per heavy atom. The van der Waals surface area contributed by atoms with Crippen molar-refractivity contribution in [3.63, 3.8) is 0 Å². The summed E-state index contributed by atoms with van der Waals surface area (Å²) in [6.07, 6.45) is 1.18. The fourth-order valence-electron chi connectivity index (χ4n) is 2.07. The van der Waals surface area contributed by atoms with Gasteiger partial charge in [0.2, 0.25) is 0 Å². The van der Waals surface area contributed by atoms with Gasteiger partial charge < -0.3 is 10.1 Å². The first kappa shape index (κ1) is 10.8. The van der Waals surface area contributed by atoms with Gasteiger partial charge in [0, 0.05) is 6.04 Å². The highest BCUT2D eigenvalue weighted by Gasteiger charge is 2.22. The van der Waals surface area contributed by atoms with Crippen molar-refractivity contribution in [1.82, 2.24) is 5.32 Å². The topological polar surface area (TPSA) is 21.3 Å². The monoisotopic (exact) mass is 225 g/mol. The molecule has 1 aromatic rings. The molecule has 1 fully saturated rings. The first-order valence-electron chi connectivity index (χ1n) is 5.27. The van der Waals surface area contributed by atoms with Gasteiger partial charge in [-0.25, -0.2) is 0 Å². The number of rotatable bonds is 2. The molecule has 15 heavy (non-hydrogen) atoms. The minimum Gasteiger partial charge on any atom is -0.495 e. The lowest BCUT2D eigenvalue weighted by atomic mass is 10.0. The predicted octanol–water partition coefficient (Wildman–Crippen LogP) is 3.02. The highest BCUT2D eigenvalue weighted by Crippen LogP contribution is 2.32. The van der Waals surface area contributed by atoms with Gasteiger partial charge in [0.05, 0.1) is 12.1 Å². The number of hydrogen-bond acceptors (Lipinski definition) is 2. The summed E-state index contributed by atoms with van der Waals surface area (Å²) < 4.78 is 5.13. The summed E-state index contributed by atoms with van der Waals surface area (Å²) in [5.41, 5.74) is 1.25. The van der Waals surface area contributed by atoms with Crippen LogP contribution in [-0.4, -0.2) is 13.7 Å². The maximum atomic E-state index is 6.09. The largest absolute Gasteiger partial charge is 0.495 e. The molecule has 0 radical (unpaired) electrons. The fraction of sp³-hybridized carbons (Fsp3) is 0.500. The van der Waals surface area contributed by atoms with E-state index in [0.29, 0.717) is 11.1 Å². The van der Waals surface area contributed by atoms with E-state index in [9.17, 15) is 0 Å². The maximum Gasteiger partial charge on any atom is 0.137 e. The molecule has 0 aliphatic carbocycles. The third kappa shape index (κ3) is 2.27. The summed E-state index contributed by atoms with van der Waals surface area (Å²) in [6, 6.07) is 6.46. The second-order valence-corrected chi connectivity index (χ2v) is 4.60. The summed E-state index contributed by atoms with van der Waals surface area (Å²) in [6.45, 7) is 3.35. The van der Waals surface area contributed by atoms with Crippen LogP contribution >= 0.6 is 11.6 Å². The zero-order chi connectivity index (χ0) is 10.8. The molecule has 0 bridgehead atoms. The average molecular weight is 226 g/mol. The van der Waals surface area contributed by atoms with Crippen LogP contribution in [0.2, 0.25) is 5.02 Å². The van der Waals surface area contributed by atoms with E-state index in [-0.39, 0.29) is 0 Å². The number of ether oxygens (including phenoxy) is 1. The summed E-state index contributed by atoms with van der Waals surface area (Å²) >= 11 is 6.09. The van der Waals surface area contributed by atoms with E-state index >= 15 is 0 Å². The quantitative estimate of drug-likeness (QED) is 0.836. The average Bonchev–Trinajstić information content (AvgIpc) is 2.65. The van der Waals surface area contributed by atoms with E-state index in [1.807, 2.05) is 12.1 Å². The third-order valence-electron chi connectivity index (χ3n) is 2.93. The van der Waals surface area contributed by atoms with Gasteiger partial charge >= 0.3 is 0 Å². The molecule has 2 atom stereocenters. The van der Waals surface area contributed by atoms with Gasteiger partial charge in [-0.3, -0.25) is 0 Å². The molecule has 1 heterocycles. The molecule has 0 aromatic heterocycles. The van der Waals surface area contributed by atoms with Gasteiger partial charge in [-0.2, -0.15) is 0 Å². The number of methoxy groups -OCH3 is 1. The summed E-state index contributed by atoms with van der Waals surface area (Å²) in [5, 5.41) is 4.18. The zero-order valence-corrected chi connectivity index (χ0v) is 9.84. The molecule has 0 unspecified atom stereocenters. The number of halogens is 1. The molecule has 82 valence electrons. The number of nitrogens with one attached hydrogen (secondary N) is 1. The van der Waals surface area contributed by atoms with Crippen LogP contribution in [0.1, 0.15) is 24.9 Å².